The fourth-order valence-corrected chi connectivity index (χ4v) is 3.31. The van der Waals surface area contributed by atoms with Crippen molar-refractivity contribution in [2.45, 2.75) is 45.1 Å². The first-order valence-corrected chi connectivity index (χ1v) is 9.44. The molecular weight excluding hydrogens is 356 g/mol. The summed E-state index contributed by atoms with van der Waals surface area (Å²) in [6.45, 7) is 0.382. The highest BCUT2D eigenvalue weighted by molar-refractivity contribution is 5.69. The van der Waals surface area contributed by atoms with Crippen molar-refractivity contribution in [3.8, 4) is 17.6 Å². The van der Waals surface area contributed by atoms with E-state index >= 15 is 0 Å². The summed E-state index contributed by atoms with van der Waals surface area (Å²) in [5.74, 6) is 6.56. The number of carbonyl (C=O) groups is 1. The van der Waals surface area contributed by atoms with Crippen molar-refractivity contribution < 1.29 is 14.3 Å². The van der Waals surface area contributed by atoms with Crippen LogP contribution in [0.15, 0.2) is 29.1 Å². The molecule has 0 saturated heterocycles. The first-order chi connectivity index (χ1) is 13.6. The number of hydrogen-bond donors (Lipinski definition) is 0. The molecule has 0 unspecified atom stereocenters. The van der Waals surface area contributed by atoms with Crippen LogP contribution in [0.2, 0.25) is 0 Å². The average molecular weight is 380 g/mol. The minimum atomic E-state index is -0.284. The normalized spacial score (nSPS) is 12.5. The van der Waals surface area contributed by atoms with Gasteiger partial charge in [0.1, 0.15) is 11.4 Å². The molecule has 0 spiro atoms. The molecule has 1 heterocycles. The number of nitrogens with zero attached hydrogens (tertiary/aromatic N) is 2. The summed E-state index contributed by atoms with van der Waals surface area (Å²) < 4.78 is 11.3. The van der Waals surface area contributed by atoms with E-state index in [0.717, 1.165) is 48.1 Å². The van der Waals surface area contributed by atoms with E-state index in [9.17, 15) is 9.59 Å². The Morgan fingerprint density at radius 2 is 1.86 bits per heavy atom. The largest absolute Gasteiger partial charge is 0.497 e. The molecule has 1 aliphatic carbocycles. The summed E-state index contributed by atoms with van der Waals surface area (Å²) in [7, 11) is 2.98. The van der Waals surface area contributed by atoms with Gasteiger partial charge in [-0.15, -0.1) is 0 Å². The molecule has 0 fully saturated rings. The van der Waals surface area contributed by atoms with Gasteiger partial charge in [-0.1, -0.05) is 18.1 Å². The fourth-order valence-electron chi connectivity index (χ4n) is 3.31. The molecule has 146 valence electrons. The maximum absolute atomic E-state index is 12.9. The lowest BCUT2D eigenvalue weighted by Crippen LogP contribution is -2.31. The molecule has 2 aromatic rings. The van der Waals surface area contributed by atoms with Gasteiger partial charge in [0.05, 0.1) is 27.2 Å². The number of ether oxygens (including phenoxy) is 2. The van der Waals surface area contributed by atoms with Gasteiger partial charge in [0.25, 0.3) is 5.56 Å². The van der Waals surface area contributed by atoms with Crippen LogP contribution in [0.1, 0.15) is 48.1 Å². The second kappa shape index (κ2) is 9.23. The van der Waals surface area contributed by atoms with E-state index in [0.29, 0.717) is 18.7 Å². The van der Waals surface area contributed by atoms with Gasteiger partial charge < -0.3 is 9.47 Å². The molecule has 6 heteroatoms. The Kier molecular flexibility index (Phi) is 6.49. The molecule has 0 atom stereocenters. The third-order valence-corrected chi connectivity index (χ3v) is 4.85. The number of esters is 1. The summed E-state index contributed by atoms with van der Waals surface area (Å²) in [6, 6.07) is 7.58. The zero-order valence-corrected chi connectivity index (χ0v) is 16.3. The number of carbonyl (C=O) groups excluding carboxylic acids is 1. The van der Waals surface area contributed by atoms with Crippen LogP contribution in [0.4, 0.5) is 0 Å². The predicted octanol–water partition coefficient (Wildman–Crippen LogP) is 2.48. The molecule has 6 nitrogen and oxygen atoms in total. The average Bonchev–Trinajstić information content (AvgIpc) is 2.74. The summed E-state index contributed by atoms with van der Waals surface area (Å²) in [4.78, 5) is 24.2. The van der Waals surface area contributed by atoms with Gasteiger partial charge in [-0.3, -0.25) is 9.59 Å². The lowest BCUT2D eigenvalue weighted by atomic mass is 9.91. The maximum Gasteiger partial charge on any atom is 0.306 e. The molecule has 0 saturated carbocycles. The highest BCUT2D eigenvalue weighted by Gasteiger charge is 2.19. The second-order valence-corrected chi connectivity index (χ2v) is 6.70. The van der Waals surface area contributed by atoms with Crippen LogP contribution in [0.3, 0.4) is 0 Å². The summed E-state index contributed by atoms with van der Waals surface area (Å²) >= 11 is 0. The lowest BCUT2D eigenvalue weighted by Gasteiger charge is -2.18. The summed E-state index contributed by atoms with van der Waals surface area (Å²) in [6.07, 6.45) is 4.27. The molecule has 1 aliphatic rings. The van der Waals surface area contributed by atoms with Crippen molar-refractivity contribution in [2.24, 2.45) is 0 Å². The van der Waals surface area contributed by atoms with Crippen molar-refractivity contribution in [3.63, 3.8) is 0 Å². The summed E-state index contributed by atoms with van der Waals surface area (Å²) in [5, 5.41) is 4.54. The molecule has 1 aromatic heterocycles. The monoisotopic (exact) mass is 380 g/mol. The SMILES string of the molecule is COC(=O)CCC#Cc1nn(Cc2ccc(OC)cc2)c(=O)c2c1CCCC2. The molecule has 1 aromatic carbocycles. The number of hydrogen-bond acceptors (Lipinski definition) is 5. The summed E-state index contributed by atoms with van der Waals surface area (Å²) in [5.41, 5.74) is 3.37. The van der Waals surface area contributed by atoms with Crippen LogP contribution < -0.4 is 10.3 Å². The predicted molar refractivity (Wildman–Crippen MR) is 105 cm³/mol. The van der Waals surface area contributed by atoms with E-state index in [4.69, 9.17) is 4.74 Å². The van der Waals surface area contributed by atoms with Crippen LogP contribution in [0.5, 0.6) is 5.75 Å². The van der Waals surface area contributed by atoms with Gasteiger partial charge in [0, 0.05) is 12.0 Å². The van der Waals surface area contributed by atoms with Gasteiger partial charge >= 0.3 is 5.97 Å². The van der Waals surface area contributed by atoms with Crippen molar-refractivity contribution in [3.05, 3.63) is 57.0 Å². The minimum Gasteiger partial charge on any atom is -0.497 e. The molecule has 0 aliphatic heterocycles. The van der Waals surface area contributed by atoms with Crippen molar-refractivity contribution in [1.29, 1.82) is 0 Å². The third kappa shape index (κ3) is 4.61. The molecule has 3 rings (SSSR count). The van der Waals surface area contributed by atoms with Crippen molar-refractivity contribution >= 4 is 5.97 Å². The van der Waals surface area contributed by atoms with E-state index in [-0.39, 0.29) is 17.9 Å². The number of benzene rings is 1. The van der Waals surface area contributed by atoms with E-state index in [2.05, 4.69) is 21.7 Å². The van der Waals surface area contributed by atoms with Crippen molar-refractivity contribution in [1.82, 2.24) is 9.78 Å². The molecule has 0 bridgehead atoms. The van der Waals surface area contributed by atoms with Gasteiger partial charge in [0.15, 0.2) is 0 Å². The number of rotatable bonds is 5. The van der Waals surface area contributed by atoms with Crippen LogP contribution in [-0.2, 0) is 28.9 Å². The van der Waals surface area contributed by atoms with Gasteiger partial charge in [-0.2, -0.15) is 5.10 Å². The smallest absolute Gasteiger partial charge is 0.306 e. The highest BCUT2D eigenvalue weighted by Crippen LogP contribution is 2.20. The van der Waals surface area contributed by atoms with Crippen LogP contribution in [0.25, 0.3) is 0 Å². The topological polar surface area (TPSA) is 70.4 Å². The second-order valence-electron chi connectivity index (χ2n) is 6.70. The van der Waals surface area contributed by atoms with Gasteiger partial charge in [-0.05, 0) is 54.9 Å². The van der Waals surface area contributed by atoms with E-state index < -0.39 is 0 Å². The maximum atomic E-state index is 12.9. The number of fused-ring (bicyclic) bond motifs is 1. The van der Waals surface area contributed by atoms with E-state index in [1.54, 1.807) is 7.11 Å². The molecule has 28 heavy (non-hydrogen) atoms. The Bertz CT molecular complexity index is 965. The zero-order chi connectivity index (χ0) is 19.9. The quantitative estimate of drug-likeness (QED) is 0.589. The van der Waals surface area contributed by atoms with Crippen LogP contribution >= 0.6 is 0 Å². The molecule has 0 N–H and O–H groups in total. The molecule has 0 radical (unpaired) electrons. The fraction of sp³-hybridized carbons (Fsp3) is 0.409. The highest BCUT2D eigenvalue weighted by atomic mass is 16.5. The Balaban J connectivity index is 1.90. The zero-order valence-electron chi connectivity index (χ0n) is 16.3. The standard InChI is InChI=1S/C22H24N2O4/c1-27-17-13-11-16(12-14-17)15-24-22(26)19-8-4-3-7-18(19)20(23-24)9-5-6-10-21(25)28-2/h11-14H,3-4,6-8,10,15H2,1-2H3. The molecule has 0 amide bonds. The van der Waals surface area contributed by atoms with Crippen LogP contribution in [0, 0.1) is 11.8 Å². The third-order valence-electron chi connectivity index (χ3n) is 4.85. The molecular formula is C22H24N2O4. The first kappa shape index (κ1) is 19.7. The van der Waals surface area contributed by atoms with Crippen LogP contribution in [-0.4, -0.2) is 30.0 Å². The van der Waals surface area contributed by atoms with E-state index in [1.807, 2.05) is 24.3 Å². The van der Waals surface area contributed by atoms with Gasteiger partial charge in [-0.25, -0.2) is 4.68 Å². The van der Waals surface area contributed by atoms with Crippen molar-refractivity contribution in [2.75, 3.05) is 14.2 Å². The number of methoxy groups -OCH3 is 2. The first-order valence-electron chi connectivity index (χ1n) is 9.44. The Morgan fingerprint density at radius 3 is 2.54 bits per heavy atom. The Morgan fingerprint density at radius 1 is 1.14 bits per heavy atom. The van der Waals surface area contributed by atoms with Gasteiger partial charge in [0.2, 0.25) is 0 Å². The lowest BCUT2D eigenvalue weighted by molar-refractivity contribution is -0.140. The van der Waals surface area contributed by atoms with E-state index in [1.165, 1.54) is 11.8 Å². The Hall–Kier alpha value is -3.07. The minimum absolute atomic E-state index is 0.0365. The Labute approximate surface area is 164 Å². The number of aromatic nitrogens is 2.